The summed E-state index contributed by atoms with van der Waals surface area (Å²) in [4.78, 5) is 40.7. The smallest absolute Gasteiger partial charge is 0.261 e. The van der Waals surface area contributed by atoms with Crippen molar-refractivity contribution in [2.75, 3.05) is 19.5 Å². The Balaban J connectivity index is 1.61. The van der Waals surface area contributed by atoms with Gasteiger partial charge in [0.15, 0.2) is 17.3 Å². The van der Waals surface area contributed by atoms with Crippen LogP contribution in [-0.4, -0.2) is 30.9 Å². The molecule has 2 aromatic carbocycles. The number of aromatic amines is 1. The van der Waals surface area contributed by atoms with Crippen LogP contribution < -0.4 is 20.3 Å². The number of benzene rings is 2. The molecule has 1 heterocycles. The number of aromatic nitrogens is 1. The van der Waals surface area contributed by atoms with Crippen LogP contribution in [0.1, 0.15) is 44.3 Å². The first-order chi connectivity index (χ1) is 15.4. The number of Topliss-reactive ketones (excluding diaryl/α,β-unsaturated/α-hetero) is 1. The van der Waals surface area contributed by atoms with Gasteiger partial charge in [-0.2, -0.15) is 0 Å². The van der Waals surface area contributed by atoms with Gasteiger partial charge in [0.25, 0.3) is 11.5 Å². The van der Waals surface area contributed by atoms with Crippen LogP contribution >= 0.6 is 0 Å². The minimum Gasteiger partial charge on any atom is -0.493 e. The van der Waals surface area contributed by atoms with Gasteiger partial charge in [-0.15, -0.1) is 0 Å². The highest BCUT2D eigenvalue weighted by atomic mass is 19.1. The van der Waals surface area contributed by atoms with Crippen LogP contribution in [0.4, 0.5) is 10.1 Å². The molecule has 1 aromatic heterocycles. The molecule has 8 heteroatoms. The maximum absolute atomic E-state index is 13.4. The summed E-state index contributed by atoms with van der Waals surface area (Å²) in [5, 5.41) is 2.48. The highest BCUT2D eigenvalue weighted by Crippen LogP contribution is 2.36. The van der Waals surface area contributed by atoms with Crippen LogP contribution in [0.2, 0.25) is 0 Å². The van der Waals surface area contributed by atoms with E-state index in [1.807, 2.05) is 12.1 Å². The molecule has 7 nitrogen and oxygen atoms in total. The number of halogens is 1. The molecule has 0 saturated carbocycles. The quantitative estimate of drug-likeness (QED) is 0.636. The summed E-state index contributed by atoms with van der Waals surface area (Å²) in [5.41, 5.74) is 1.07. The predicted molar refractivity (Wildman–Crippen MR) is 116 cm³/mol. The molecule has 1 amide bonds. The molecule has 1 atom stereocenters. The molecule has 2 N–H and O–H groups in total. The zero-order valence-corrected chi connectivity index (χ0v) is 17.5. The molecule has 1 aliphatic carbocycles. The average molecular weight is 436 g/mol. The number of carbonyl (C=O) groups excluding carboxylic acids is 2. The molecule has 1 aliphatic rings. The molecule has 0 saturated heterocycles. The van der Waals surface area contributed by atoms with Gasteiger partial charge >= 0.3 is 0 Å². The van der Waals surface area contributed by atoms with Gasteiger partial charge in [-0.05, 0) is 54.3 Å². The van der Waals surface area contributed by atoms with Gasteiger partial charge in [0, 0.05) is 23.4 Å². The molecule has 4 rings (SSSR count). The van der Waals surface area contributed by atoms with Gasteiger partial charge < -0.3 is 19.8 Å². The van der Waals surface area contributed by atoms with Crippen molar-refractivity contribution >= 4 is 17.4 Å². The SMILES string of the molecule is COc1ccc(C2CC(=O)c3cc(C(=O)Nc4cccc(F)c4)c(=O)[nH]c3C2)cc1OC. The number of ketones is 1. The van der Waals surface area contributed by atoms with E-state index in [0.29, 0.717) is 29.2 Å². The third-order valence-electron chi connectivity index (χ3n) is 5.51. The molecule has 164 valence electrons. The summed E-state index contributed by atoms with van der Waals surface area (Å²) >= 11 is 0. The lowest BCUT2D eigenvalue weighted by atomic mass is 9.81. The van der Waals surface area contributed by atoms with E-state index in [1.165, 1.54) is 31.4 Å². The van der Waals surface area contributed by atoms with Crippen LogP contribution in [0.25, 0.3) is 0 Å². The molecular formula is C24H21FN2O5. The zero-order valence-electron chi connectivity index (χ0n) is 17.5. The Hall–Kier alpha value is -3.94. The largest absolute Gasteiger partial charge is 0.493 e. The normalized spacial score (nSPS) is 15.1. The van der Waals surface area contributed by atoms with Gasteiger partial charge in [0.05, 0.1) is 14.2 Å². The molecule has 3 aromatic rings. The fourth-order valence-corrected chi connectivity index (χ4v) is 3.91. The van der Waals surface area contributed by atoms with E-state index in [9.17, 15) is 18.8 Å². The Morgan fingerprint density at radius 3 is 2.53 bits per heavy atom. The van der Waals surface area contributed by atoms with Crippen LogP contribution in [0, 0.1) is 5.82 Å². The summed E-state index contributed by atoms with van der Waals surface area (Å²) in [7, 11) is 3.08. The predicted octanol–water partition coefficient (Wildman–Crippen LogP) is 3.70. The van der Waals surface area contributed by atoms with Crippen molar-refractivity contribution in [3.8, 4) is 11.5 Å². The lowest BCUT2D eigenvalue weighted by molar-refractivity contribution is 0.0963. The van der Waals surface area contributed by atoms with Crippen molar-refractivity contribution in [3.05, 3.63) is 87.1 Å². The molecule has 32 heavy (non-hydrogen) atoms. The van der Waals surface area contributed by atoms with E-state index < -0.39 is 17.3 Å². The monoisotopic (exact) mass is 436 g/mol. The van der Waals surface area contributed by atoms with E-state index in [1.54, 1.807) is 13.2 Å². The third-order valence-corrected chi connectivity index (χ3v) is 5.51. The number of anilines is 1. The van der Waals surface area contributed by atoms with Crippen LogP contribution in [0.5, 0.6) is 11.5 Å². The molecule has 0 spiro atoms. The van der Waals surface area contributed by atoms with Crippen molar-refractivity contribution in [2.24, 2.45) is 0 Å². The van der Waals surface area contributed by atoms with Gasteiger partial charge in [-0.25, -0.2) is 4.39 Å². The highest BCUT2D eigenvalue weighted by molar-refractivity contribution is 6.06. The van der Waals surface area contributed by atoms with Gasteiger partial charge in [-0.1, -0.05) is 12.1 Å². The fourth-order valence-electron chi connectivity index (χ4n) is 3.91. The molecular weight excluding hydrogens is 415 g/mol. The van der Waals surface area contributed by atoms with E-state index in [4.69, 9.17) is 9.47 Å². The van der Waals surface area contributed by atoms with Crippen molar-refractivity contribution in [3.63, 3.8) is 0 Å². The minimum atomic E-state index is -0.713. The van der Waals surface area contributed by atoms with Crippen molar-refractivity contribution in [1.29, 1.82) is 0 Å². The number of hydrogen-bond donors (Lipinski definition) is 2. The van der Waals surface area contributed by atoms with E-state index in [0.717, 1.165) is 11.6 Å². The number of methoxy groups -OCH3 is 2. The Labute approximate surface area is 183 Å². The van der Waals surface area contributed by atoms with E-state index >= 15 is 0 Å². The summed E-state index contributed by atoms with van der Waals surface area (Å²) in [6.45, 7) is 0. The summed E-state index contributed by atoms with van der Waals surface area (Å²) in [6.07, 6.45) is 0.650. The first kappa shape index (κ1) is 21.3. The maximum Gasteiger partial charge on any atom is 0.261 e. The molecule has 0 bridgehead atoms. The van der Waals surface area contributed by atoms with Gasteiger partial charge in [0.1, 0.15) is 11.4 Å². The lowest BCUT2D eigenvalue weighted by Gasteiger charge is -2.24. The zero-order chi connectivity index (χ0) is 22.8. The summed E-state index contributed by atoms with van der Waals surface area (Å²) in [5.74, 6) is -0.422. The summed E-state index contributed by atoms with van der Waals surface area (Å²) < 4.78 is 24.0. The maximum atomic E-state index is 13.4. The Morgan fingerprint density at radius 2 is 1.81 bits per heavy atom. The molecule has 0 fully saturated rings. The van der Waals surface area contributed by atoms with E-state index in [2.05, 4.69) is 10.3 Å². The first-order valence-electron chi connectivity index (χ1n) is 9.98. The number of ether oxygens (including phenoxy) is 2. The third kappa shape index (κ3) is 4.12. The number of fused-ring (bicyclic) bond motifs is 1. The number of H-pyrrole nitrogens is 1. The standard InChI is InChI=1S/C24H21FN2O5/c1-31-21-7-6-13(10-22(21)32-2)14-8-19-17(20(28)9-14)12-18(24(30)27-19)23(29)26-16-5-3-4-15(25)11-16/h3-7,10-12,14H,8-9H2,1-2H3,(H,26,29)(H,27,30). The minimum absolute atomic E-state index is 0.155. The van der Waals surface area contributed by atoms with Gasteiger partial charge in [0.2, 0.25) is 0 Å². The molecule has 0 aliphatic heterocycles. The Bertz CT molecular complexity index is 1270. The van der Waals surface area contributed by atoms with Crippen molar-refractivity contribution < 1.29 is 23.5 Å². The lowest BCUT2D eigenvalue weighted by Crippen LogP contribution is -2.29. The first-order valence-corrected chi connectivity index (χ1v) is 9.98. The number of carbonyl (C=O) groups is 2. The number of pyridine rings is 1. The number of hydrogen-bond acceptors (Lipinski definition) is 5. The molecule has 0 radical (unpaired) electrons. The topological polar surface area (TPSA) is 97.5 Å². The second kappa shape index (κ2) is 8.66. The van der Waals surface area contributed by atoms with Crippen LogP contribution in [0.15, 0.2) is 53.3 Å². The van der Waals surface area contributed by atoms with Crippen molar-refractivity contribution in [2.45, 2.75) is 18.8 Å². The highest BCUT2D eigenvalue weighted by Gasteiger charge is 2.29. The second-order valence-electron chi connectivity index (χ2n) is 7.51. The second-order valence-corrected chi connectivity index (χ2v) is 7.51. The Kier molecular flexibility index (Phi) is 5.77. The number of amides is 1. The van der Waals surface area contributed by atoms with E-state index in [-0.39, 0.29) is 29.4 Å². The number of rotatable bonds is 5. The van der Waals surface area contributed by atoms with Gasteiger partial charge in [-0.3, -0.25) is 14.4 Å². The number of nitrogens with one attached hydrogen (secondary N) is 2. The van der Waals surface area contributed by atoms with Crippen LogP contribution in [-0.2, 0) is 6.42 Å². The van der Waals surface area contributed by atoms with Crippen molar-refractivity contribution in [1.82, 2.24) is 4.98 Å². The Morgan fingerprint density at radius 1 is 1.03 bits per heavy atom. The summed E-state index contributed by atoms with van der Waals surface area (Å²) in [6, 6.07) is 12.1. The fraction of sp³-hybridized carbons (Fsp3) is 0.208. The molecule has 1 unspecified atom stereocenters. The van der Waals surface area contributed by atoms with Crippen LogP contribution in [0.3, 0.4) is 0 Å². The average Bonchev–Trinajstić information content (AvgIpc) is 2.78.